The first-order chi connectivity index (χ1) is 10.6. The lowest BCUT2D eigenvalue weighted by molar-refractivity contribution is -0.137. The Balaban J connectivity index is 1.73. The van der Waals surface area contributed by atoms with Crippen LogP contribution in [0.25, 0.3) is 11.5 Å². The monoisotopic (exact) mass is 300 g/mol. The summed E-state index contributed by atoms with van der Waals surface area (Å²) < 4.78 is 11.2. The minimum absolute atomic E-state index is 0.0751. The van der Waals surface area contributed by atoms with E-state index in [1.54, 1.807) is 0 Å². The van der Waals surface area contributed by atoms with Gasteiger partial charge >= 0.3 is 0 Å². The zero-order chi connectivity index (χ0) is 15.5. The zero-order valence-electron chi connectivity index (χ0n) is 12.9. The van der Waals surface area contributed by atoms with Gasteiger partial charge in [-0.2, -0.15) is 0 Å². The van der Waals surface area contributed by atoms with Crippen molar-refractivity contribution in [2.45, 2.75) is 26.4 Å². The lowest BCUT2D eigenvalue weighted by Gasteiger charge is -2.31. The quantitative estimate of drug-likeness (QED) is 0.873. The van der Waals surface area contributed by atoms with Gasteiger partial charge in [0.1, 0.15) is 5.76 Å². The highest BCUT2D eigenvalue weighted by Crippen LogP contribution is 2.22. The highest BCUT2D eigenvalue weighted by atomic mass is 16.5. The number of carbonyl (C=O) groups is 1. The van der Waals surface area contributed by atoms with Crippen molar-refractivity contribution in [2.24, 2.45) is 0 Å². The van der Waals surface area contributed by atoms with Crippen molar-refractivity contribution in [3.8, 4) is 11.5 Å². The highest BCUT2D eigenvalue weighted by molar-refractivity contribution is 5.78. The van der Waals surface area contributed by atoms with Crippen LogP contribution in [0.3, 0.4) is 0 Å². The van der Waals surface area contributed by atoms with Crippen molar-refractivity contribution in [3.63, 3.8) is 0 Å². The van der Waals surface area contributed by atoms with Crippen LogP contribution in [0, 0.1) is 6.92 Å². The Morgan fingerprint density at radius 2 is 2.14 bits per heavy atom. The number of ether oxygens (including phenoxy) is 1. The zero-order valence-corrected chi connectivity index (χ0v) is 12.9. The van der Waals surface area contributed by atoms with E-state index in [2.05, 4.69) is 4.98 Å². The van der Waals surface area contributed by atoms with Gasteiger partial charge in [0.15, 0.2) is 0 Å². The number of rotatable bonds is 3. The van der Waals surface area contributed by atoms with Gasteiger partial charge in [-0.25, -0.2) is 4.98 Å². The number of oxazole rings is 1. The summed E-state index contributed by atoms with van der Waals surface area (Å²) in [5.41, 5.74) is 1.63. The summed E-state index contributed by atoms with van der Waals surface area (Å²) in [6.07, 6.45) is 0.366. The van der Waals surface area contributed by atoms with E-state index >= 15 is 0 Å². The van der Waals surface area contributed by atoms with Gasteiger partial charge in [-0.1, -0.05) is 18.2 Å². The van der Waals surface area contributed by atoms with Crippen LogP contribution in [-0.4, -0.2) is 41.6 Å². The molecule has 5 nitrogen and oxygen atoms in total. The molecule has 1 aliphatic rings. The smallest absolute Gasteiger partial charge is 0.228 e. The number of morpholine rings is 1. The second kappa shape index (κ2) is 6.32. The number of nitrogens with zero attached hydrogens (tertiary/aromatic N) is 2. The van der Waals surface area contributed by atoms with Gasteiger partial charge in [-0.15, -0.1) is 0 Å². The van der Waals surface area contributed by atoms with E-state index in [1.807, 2.05) is 49.1 Å². The molecule has 0 spiro atoms. The van der Waals surface area contributed by atoms with E-state index < -0.39 is 0 Å². The maximum Gasteiger partial charge on any atom is 0.228 e. The molecule has 1 aromatic heterocycles. The third-order valence-corrected chi connectivity index (χ3v) is 3.83. The minimum Gasteiger partial charge on any atom is -0.441 e. The molecule has 22 heavy (non-hydrogen) atoms. The Bertz CT molecular complexity index is 651. The van der Waals surface area contributed by atoms with Crippen molar-refractivity contribution in [1.29, 1.82) is 0 Å². The fourth-order valence-electron chi connectivity index (χ4n) is 2.60. The Morgan fingerprint density at radius 1 is 1.36 bits per heavy atom. The molecule has 0 aliphatic carbocycles. The van der Waals surface area contributed by atoms with Crippen LogP contribution in [0.5, 0.6) is 0 Å². The SMILES string of the molecule is Cc1oc(-c2ccccc2)nc1CC(=O)N1CCOC(C)C1. The first-order valence-electron chi connectivity index (χ1n) is 7.54. The highest BCUT2D eigenvalue weighted by Gasteiger charge is 2.23. The van der Waals surface area contributed by atoms with Gasteiger partial charge in [0.2, 0.25) is 11.8 Å². The molecule has 1 atom stereocenters. The normalized spacial score (nSPS) is 18.5. The fraction of sp³-hybridized carbons (Fsp3) is 0.412. The molecule has 0 bridgehead atoms. The van der Waals surface area contributed by atoms with Gasteiger partial charge in [0.05, 0.1) is 24.8 Å². The number of hydrogen-bond acceptors (Lipinski definition) is 4. The Kier molecular flexibility index (Phi) is 4.24. The lowest BCUT2D eigenvalue weighted by atomic mass is 10.2. The maximum absolute atomic E-state index is 12.4. The van der Waals surface area contributed by atoms with Crippen molar-refractivity contribution < 1.29 is 13.9 Å². The summed E-state index contributed by atoms with van der Waals surface area (Å²) >= 11 is 0. The van der Waals surface area contributed by atoms with Crippen molar-refractivity contribution in [2.75, 3.05) is 19.7 Å². The molecule has 1 saturated heterocycles. The van der Waals surface area contributed by atoms with E-state index in [1.165, 1.54) is 0 Å². The summed E-state index contributed by atoms with van der Waals surface area (Å²) in [6.45, 7) is 5.71. The van der Waals surface area contributed by atoms with Crippen LogP contribution < -0.4 is 0 Å². The van der Waals surface area contributed by atoms with Crippen LogP contribution in [0.2, 0.25) is 0 Å². The molecule has 0 saturated carbocycles. The number of amides is 1. The van der Waals surface area contributed by atoms with Crippen molar-refractivity contribution >= 4 is 5.91 Å². The summed E-state index contributed by atoms with van der Waals surface area (Å²) in [5.74, 6) is 1.34. The number of aromatic nitrogens is 1. The molecule has 1 aliphatic heterocycles. The first-order valence-corrected chi connectivity index (χ1v) is 7.54. The van der Waals surface area contributed by atoms with E-state index in [4.69, 9.17) is 9.15 Å². The second-order valence-corrected chi connectivity index (χ2v) is 5.59. The molecule has 0 radical (unpaired) electrons. The van der Waals surface area contributed by atoms with Crippen molar-refractivity contribution in [1.82, 2.24) is 9.88 Å². The van der Waals surface area contributed by atoms with Gasteiger partial charge < -0.3 is 14.1 Å². The van der Waals surface area contributed by atoms with Crippen LogP contribution in [0.1, 0.15) is 18.4 Å². The van der Waals surface area contributed by atoms with Gasteiger partial charge in [-0.05, 0) is 26.0 Å². The fourth-order valence-corrected chi connectivity index (χ4v) is 2.60. The molecule has 3 rings (SSSR count). The van der Waals surface area contributed by atoms with Gasteiger partial charge in [0.25, 0.3) is 0 Å². The summed E-state index contributed by atoms with van der Waals surface area (Å²) in [5, 5.41) is 0. The lowest BCUT2D eigenvalue weighted by Crippen LogP contribution is -2.45. The molecule has 1 fully saturated rings. The van der Waals surface area contributed by atoms with Crippen molar-refractivity contribution in [3.05, 3.63) is 41.8 Å². The molecule has 5 heteroatoms. The van der Waals surface area contributed by atoms with E-state index in [9.17, 15) is 4.79 Å². The predicted octanol–water partition coefficient (Wildman–Crippen LogP) is 2.44. The topological polar surface area (TPSA) is 55.6 Å². The summed E-state index contributed by atoms with van der Waals surface area (Å²) in [7, 11) is 0. The first kappa shape index (κ1) is 14.8. The molecule has 0 N–H and O–H groups in total. The molecule has 1 aromatic carbocycles. The second-order valence-electron chi connectivity index (χ2n) is 5.59. The van der Waals surface area contributed by atoms with E-state index in [0.717, 1.165) is 5.56 Å². The molecule has 1 unspecified atom stereocenters. The third-order valence-electron chi connectivity index (χ3n) is 3.83. The number of hydrogen-bond donors (Lipinski definition) is 0. The largest absolute Gasteiger partial charge is 0.441 e. The number of benzene rings is 1. The third kappa shape index (κ3) is 3.20. The van der Waals surface area contributed by atoms with Crippen LogP contribution in [-0.2, 0) is 16.0 Å². The average molecular weight is 300 g/mol. The Hall–Kier alpha value is -2.14. The van der Waals surface area contributed by atoms with Crippen LogP contribution in [0.4, 0.5) is 0 Å². The predicted molar refractivity (Wildman–Crippen MR) is 82.4 cm³/mol. The molecule has 2 aromatic rings. The summed E-state index contributed by atoms with van der Waals surface area (Å²) in [6, 6.07) is 9.72. The van der Waals surface area contributed by atoms with E-state index in [-0.39, 0.29) is 18.4 Å². The van der Waals surface area contributed by atoms with Crippen LogP contribution in [0.15, 0.2) is 34.7 Å². The Morgan fingerprint density at radius 3 is 2.86 bits per heavy atom. The van der Waals surface area contributed by atoms with Crippen LogP contribution >= 0.6 is 0 Å². The number of aryl methyl sites for hydroxylation is 1. The van der Waals surface area contributed by atoms with Gasteiger partial charge in [0, 0.05) is 18.7 Å². The Labute approximate surface area is 129 Å². The maximum atomic E-state index is 12.4. The van der Waals surface area contributed by atoms with E-state index in [0.29, 0.717) is 37.0 Å². The molecular weight excluding hydrogens is 280 g/mol. The standard InChI is InChI=1S/C17H20N2O3/c1-12-11-19(8-9-21-12)16(20)10-15-13(2)22-17(18-15)14-6-4-3-5-7-14/h3-7,12H,8-11H2,1-2H3. The molecule has 2 heterocycles. The number of carbonyl (C=O) groups excluding carboxylic acids is 1. The molecule has 1 amide bonds. The summed E-state index contributed by atoms with van der Waals surface area (Å²) in [4.78, 5) is 18.7. The average Bonchev–Trinajstić information content (AvgIpc) is 2.89. The van der Waals surface area contributed by atoms with Gasteiger partial charge in [-0.3, -0.25) is 4.79 Å². The minimum atomic E-state index is 0.0751. The molecule has 116 valence electrons. The molecular formula is C17H20N2O3.